The molecule has 0 aromatic carbocycles. The van der Waals surface area contributed by atoms with Gasteiger partial charge in [0.15, 0.2) is 0 Å². The van der Waals surface area contributed by atoms with Crippen LogP contribution in [0.25, 0.3) is 11.3 Å². The Morgan fingerprint density at radius 1 is 1.47 bits per heavy atom. The van der Waals surface area contributed by atoms with Gasteiger partial charge >= 0.3 is 0 Å². The van der Waals surface area contributed by atoms with E-state index < -0.39 is 5.60 Å². The predicted molar refractivity (Wildman–Crippen MR) is 68.7 cm³/mol. The molecule has 0 aliphatic carbocycles. The van der Waals surface area contributed by atoms with Gasteiger partial charge in [-0.3, -0.25) is 4.68 Å². The summed E-state index contributed by atoms with van der Waals surface area (Å²) >= 11 is 0. The van der Waals surface area contributed by atoms with Crippen molar-refractivity contribution in [3.05, 3.63) is 24.2 Å². The van der Waals surface area contributed by atoms with Gasteiger partial charge in [0.2, 0.25) is 5.95 Å². The molecule has 0 spiro atoms. The van der Waals surface area contributed by atoms with Gasteiger partial charge in [-0.25, -0.2) is 9.97 Å². The predicted octanol–water partition coefficient (Wildman–Crippen LogP) is 0.565. The van der Waals surface area contributed by atoms with Crippen molar-refractivity contribution in [1.82, 2.24) is 19.7 Å². The Kier molecular flexibility index (Phi) is 3.19. The van der Waals surface area contributed by atoms with Crippen molar-refractivity contribution in [2.75, 3.05) is 5.73 Å². The third-order valence-corrected chi connectivity index (χ3v) is 2.38. The fourth-order valence-corrected chi connectivity index (χ4v) is 1.67. The fourth-order valence-electron chi connectivity index (χ4n) is 1.67. The number of nitrogen functional groups attached to an aromatic ring is 1. The van der Waals surface area contributed by atoms with Gasteiger partial charge in [-0.1, -0.05) is 0 Å². The van der Waals surface area contributed by atoms with E-state index in [1.807, 2.05) is 6.07 Å². The van der Waals surface area contributed by atoms with E-state index >= 15 is 0 Å². The van der Waals surface area contributed by atoms with Gasteiger partial charge in [-0.15, -0.1) is 0 Å². The van der Waals surface area contributed by atoms with Crippen LogP contribution >= 0.6 is 0 Å². The minimum atomic E-state index is -0.869. The molecule has 0 bridgehead atoms. The molecule has 7 heteroatoms. The summed E-state index contributed by atoms with van der Waals surface area (Å²) in [4.78, 5) is 7.83. The SMILES string of the molecule is CC(C)(O)Cn1cc(-c2nc(N)ncc2C#N)cn1. The number of hydrogen-bond acceptors (Lipinski definition) is 6. The van der Waals surface area contributed by atoms with Crippen LogP contribution in [0.2, 0.25) is 0 Å². The van der Waals surface area contributed by atoms with E-state index in [0.717, 1.165) is 0 Å². The van der Waals surface area contributed by atoms with Crippen LogP contribution in [0.4, 0.5) is 5.95 Å². The Labute approximate surface area is 110 Å². The first kappa shape index (κ1) is 13.0. The average Bonchev–Trinajstić information content (AvgIpc) is 2.75. The van der Waals surface area contributed by atoms with Crippen LogP contribution in [0.3, 0.4) is 0 Å². The molecular weight excluding hydrogens is 244 g/mol. The molecule has 2 aromatic rings. The quantitative estimate of drug-likeness (QED) is 0.831. The lowest BCUT2D eigenvalue weighted by Crippen LogP contribution is -2.26. The number of aromatic nitrogens is 4. The highest BCUT2D eigenvalue weighted by molar-refractivity contribution is 5.65. The van der Waals surface area contributed by atoms with E-state index in [0.29, 0.717) is 23.4 Å². The van der Waals surface area contributed by atoms with Gasteiger partial charge in [0.1, 0.15) is 6.07 Å². The zero-order valence-electron chi connectivity index (χ0n) is 10.7. The third-order valence-electron chi connectivity index (χ3n) is 2.38. The minimum absolute atomic E-state index is 0.101. The summed E-state index contributed by atoms with van der Waals surface area (Å²) in [6.07, 6.45) is 4.67. The molecule has 0 radical (unpaired) electrons. The molecule has 19 heavy (non-hydrogen) atoms. The second kappa shape index (κ2) is 4.66. The molecule has 0 aliphatic rings. The van der Waals surface area contributed by atoms with Crippen LogP contribution < -0.4 is 5.73 Å². The molecule has 0 aliphatic heterocycles. The highest BCUT2D eigenvalue weighted by Crippen LogP contribution is 2.21. The van der Waals surface area contributed by atoms with Crippen LogP contribution in [-0.4, -0.2) is 30.5 Å². The smallest absolute Gasteiger partial charge is 0.220 e. The minimum Gasteiger partial charge on any atom is -0.389 e. The zero-order valence-corrected chi connectivity index (χ0v) is 10.7. The molecule has 3 N–H and O–H groups in total. The molecule has 0 saturated carbocycles. The standard InChI is InChI=1S/C12H14N6O/c1-12(2,19)7-18-6-9(5-16-18)10-8(3-13)4-15-11(14)17-10/h4-6,19H,7H2,1-2H3,(H2,14,15,17). The monoisotopic (exact) mass is 258 g/mol. The Morgan fingerprint density at radius 2 is 2.21 bits per heavy atom. The summed E-state index contributed by atoms with van der Waals surface area (Å²) in [6, 6.07) is 2.01. The Bertz CT molecular complexity index is 634. The van der Waals surface area contributed by atoms with Gasteiger partial charge in [0, 0.05) is 11.8 Å². The van der Waals surface area contributed by atoms with Crippen LogP contribution in [0, 0.1) is 11.3 Å². The maximum absolute atomic E-state index is 9.74. The van der Waals surface area contributed by atoms with Crippen LogP contribution in [0.15, 0.2) is 18.6 Å². The van der Waals surface area contributed by atoms with E-state index in [1.54, 1.807) is 30.9 Å². The number of nitriles is 1. The summed E-state index contributed by atoms with van der Waals surface area (Å²) in [7, 11) is 0. The van der Waals surface area contributed by atoms with Crippen molar-refractivity contribution in [2.24, 2.45) is 0 Å². The normalized spacial score (nSPS) is 11.3. The molecule has 0 unspecified atom stereocenters. The Morgan fingerprint density at radius 3 is 2.84 bits per heavy atom. The van der Waals surface area contributed by atoms with E-state index in [1.165, 1.54) is 6.20 Å². The lowest BCUT2D eigenvalue weighted by Gasteiger charge is -2.16. The lowest BCUT2D eigenvalue weighted by molar-refractivity contribution is 0.0577. The summed E-state index contributed by atoms with van der Waals surface area (Å²) in [5.74, 6) is 0.101. The first-order valence-electron chi connectivity index (χ1n) is 5.67. The summed E-state index contributed by atoms with van der Waals surface area (Å²) < 4.78 is 1.59. The zero-order chi connectivity index (χ0) is 14.0. The molecule has 98 valence electrons. The molecule has 2 aromatic heterocycles. The number of aliphatic hydroxyl groups is 1. The maximum atomic E-state index is 9.74. The average molecular weight is 258 g/mol. The molecule has 2 rings (SSSR count). The van der Waals surface area contributed by atoms with Gasteiger partial charge < -0.3 is 10.8 Å². The Hall–Kier alpha value is -2.46. The lowest BCUT2D eigenvalue weighted by atomic mass is 10.1. The molecule has 0 saturated heterocycles. The van der Waals surface area contributed by atoms with E-state index in [2.05, 4.69) is 15.1 Å². The van der Waals surface area contributed by atoms with Gasteiger partial charge in [-0.2, -0.15) is 10.4 Å². The second-order valence-corrected chi connectivity index (χ2v) is 4.84. The van der Waals surface area contributed by atoms with Crippen molar-refractivity contribution in [1.29, 1.82) is 5.26 Å². The van der Waals surface area contributed by atoms with E-state index in [-0.39, 0.29) is 5.95 Å². The highest BCUT2D eigenvalue weighted by atomic mass is 16.3. The maximum Gasteiger partial charge on any atom is 0.220 e. The number of rotatable bonds is 3. The molecule has 2 heterocycles. The molecule has 7 nitrogen and oxygen atoms in total. The number of hydrogen-bond donors (Lipinski definition) is 2. The summed E-state index contributed by atoms with van der Waals surface area (Å²) in [6.45, 7) is 3.73. The Balaban J connectivity index is 2.38. The molecular formula is C12H14N6O. The van der Waals surface area contributed by atoms with Crippen molar-refractivity contribution in [3.63, 3.8) is 0 Å². The van der Waals surface area contributed by atoms with Crippen molar-refractivity contribution < 1.29 is 5.11 Å². The molecule has 0 amide bonds. The van der Waals surface area contributed by atoms with Crippen LogP contribution in [-0.2, 0) is 6.54 Å². The van der Waals surface area contributed by atoms with Gasteiger partial charge in [0.05, 0.1) is 35.8 Å². The van der Waals surface area contributed by atoms with Crippen molar-refractivity contribution in [2.45, 2.75) is 26.0 Å². The summed E-state index contributed by atoms with van der Waals surface area (Å²) in [5, 5.41) is 22.9. The first-order chi connectivity index (χ1) is 8.89. The first-order valence-corrected chi connectivity index (χ1v) is 5.67. The topological polar surface area (TPSA) is 114 Å². The number of anilines is 1. The highest BCUT2D eigenvalue weighted by Gasteiger charge is 2.16. The second-order valence-electron chi connectivity index (χ2n) is 4.84. The van der Waals surface area contributed by atoms with Crippen molar-refractivity contribution in [3.8, 4) is 17.3 Å². The molecule has 0 fully saturated rings. The largest absolute Gasteiger partial charge is 0.389 e. The van der Waals surface area contributed by atoms with Gasteiger partial charge in [0.25, 0.3) is 0 Å². The number of nitrogens with two attached hydrogens (primary N) is 1. The fraction of sp³-hybridized carbons (Fsp3) is 0.333. The summed E-state index contributed by atoms with van der Waals surface area (Å²) in [5.41, 5.74) is 6.09. The van der Waals surface area contributed by atoms with Crippen molar-refractivity contribution >= 4 is 5.95 Å². The molecule has 0 atom stereocenters. The number of nitrogens with zero attached hydrogens (tertiary/aromatic N) is 5. The third kappa shape index (κ3) is 3.05. The van der Waals surface area contributed by atoms with Crippen LogP contribution in [0.1, 0.15) is 19.4 Å². The van der Waals surface area contributed by atoms with E-state index in [4.69, 9.17) is 11.0 Å². The van der Waals surface area contributed by atoms with Gasteiger partial charge in [-0.05, 0) is 13.8 Å². The van der Waals surface area contributed by atoms with E-state index in [9.17, 15) is 5.11 Å². The van der Waals surface area contributed by atoms with Crippen LogP contribution in [0.5, 0.6) is 0 Å².